The lowest BCUT2D eigenvalue weighted by Gasteiger charge is -2.28. The van der Waals surface area contributed by atoms with Crippen LogP contribution < -0.4 is 14.4 Å². The molecule has 6 nitrogen and oxygen atoms in total. The molecule has 1 aliphatic heterocycles. The lowest BCUT2D eigenvalue weighted by Crippen LogP contribution is -2.36. The Morgan fingerprint density at radius 2 is 1.65 bits per heavy atom. The average Bonchev–Trinajstić information content (AvgIpc) is 2.64. The molecule has 26 heavy (non-hydrogen) atoms. The normalized spacial score (nSPS) is 15.0. The van der Waals surface area contributed by atoms with Crippen molar-refractivity contribution in [3.63, 3.8) is 0 Å². The number of aryl methyl sites for hydroxylation is 2. The Bertz CT molecular complexity index is 873. The van der Waals surface area contributed by atoms with Gasteiger partial charge in [-0.15, -0.1) is 0 Å². The SMILES string of the molecule is COc1cc(C)c(C)cc1S(=O)(=O)Nc1ccc(N2CCOCC2)cc1. The van der Waals surface area contributed by atoms with Gasteiger partial charge in [0.2, 0.25) is 0 Å². The molecule has 0 bridgehead atoms. The van der Waals surface area contributed by atoms with E-state index in [2.05, 4.69) is 9.62 Å². The van der Waals surface area contributed by atoms with Gasteiger partial charge in [0.25, 0.3) is 10.0 Å². The smallest absolute Gasteiger partial charge is 0.265 e. The molecule has 7 heteroatoms. The largest absolute Gasteiger partial charge is 0.495 e. The second-order valence-corrected chi connectivity index (χ2v) is 7.99. The van der Waals surface area contributed by atoms with Crippen molar-refractivity contribution in [2.45, 2.75) is 18.7 Å². The van der Waals surface area contributed by atoms with Gasteiger partial charge in [-0.25, -0.2) is 8.42 Å². The Labute approximate surface area is 154 Å². The van der Waals surface area contributed by atoms with Crippen LogP contribution in [0.1, 0.15) is 11.1 Å². The monoisotopic (exact) mass is 376 g/mol. The van der Waals surface area contributed by atoms with Crippen LogP contribution in [-0.2, 0) is 14.8 Å². The fourth-order valence-electron chi connectivity index (χ4n) is 2.90. The fourth-order valence-corrected chi connectivity index (χ4v) is 4.20. The first kappa shape index (κ1) is 18.5. The molecule has 1 heterocycles. The van der Waals surface area contributed by atoms with E-state index in [9.17, 15) is 8.42 Å². The van der Waals surface area contributed by atoms with Gasteiger partial charge in [-0.1, -0.05) is 0 Å². The van der Waals surface area contributed by atoms with Gasteiger partial charge in [-0.3, -0.25) is 4.72 Å². The summed E-state index contributed by atoms with van der Waals surface area (Å²) in [7, 11) is -2.27. The fraction of sp³-hybridized carbons (Fsp3) is 0.368. The van der Waals surface area contributed by atoms with Crippen molar-refractivity contribution >= 4 is 21.4 Å². The molecule has 0 atom stereocenters. The molecule has 0 amide bonds. The Morgan fingerprint density at radius 3 is 2.27 bits per heavy atom. The first-order valence-electron chi connectivity index (χ1n) is 8.51. The van der Waals surface area contributed by atoms with Gasteiger partial charge < -0.3 is 14.4 Å². The van der Waals surface area contributed by atoms with Crippen molar-refractivity contribution in [3.8, 4) is 5.75 Å². The number of benzene rings is 2. The first-order chi connectivity index (χ1) is 12.4. The van der Waals surface area contributed by atoms with Crippen LogP contribution in [0.15, 0.2) is 41.3 Å². The minimum absolute atomic E-state index is 0.139. The number of ether oxygens (including phenoxy) is 2. The molecular weight excluding hydrogens is 352 g/mol. The maximum Gasteiger partial charge on any atom is 0.265 e. The van der Waals surface area contributed by atoms with Crippen molar-refractivity contribution in [1.82, 2.24) is 0 Å². The highest BCUT2D eigenvalue weighted by Gasteiger charge is 2.21. The Morgan fingerprint density at radius 1 is 1.04 bits per heavy atom. The maximum absolute atomic E-state index is 12.8. The van der Waals surface area contributed by atoms with Crippen LogP contribution in [0.3, 0.4) is 0 Å². The molecule has 0 radical (unpaired) electrons. The summed E-state index contributed by atoms with van der Waals surface area (Å²) in [5, 5.41) is 0. The zero-order valence-electron chi connectivity index (χ0n) is 15.3. The Kier molecular flexibility index (Phi) is 5.38. The van der Waals surface area contributed by atoms with Crippen molar-refractivity contribution in [1.29, 1.82) is 0 Å². The molecule has 2 aromatic carbocycles. The van der Waals surface area contributed by atoms with E-state index in [1.807, 2.05) is 26.0 Å². The molecule has 1 fully saturated rings. The molecule has 1 N–H and O–H groups in total. The molecule has 2 aromatic rings. The summed E-state index contributed by atoms with van der Waals surface area (Å²) < 4.78 is 38.9. The van der Waals surface area contributed by atoms with Crippen molar-refractivity contribution in [3.05, 3.63) is 47.5 Å². The number of methoxy groups -OCH3 is 1. The van der Waals surface area contributed by atoms with Crippen LogP contribution in [0.2, 0.25) is 0 Å². The predicted octanol–water partition coefficient (Wildman–Crippen LogP) is 2.95. The van der Waals surface area contributed by atoms with Gasteiger partial charge in [-0.2, -0.15) is 0 Å². The second kappa shape index (κ2) is 7.55. The van der Waals surface area contributed by atoms with Gasteiger partial charge >= 0.3 is 0 Å². The van der Waals surface area contributed by atoms with Crippen LogP contribution in [0.25, 0.3) is 0 Å². The topological polar surface area (TPSA) is 67.9 Å². The molecule has 140 valence electrons. The predicted molar refractivity (Wildman–Crippen MR) is 103 cm³/mol. The number of nitrogens with one attached hydrogen (secondary N) is 1. The third-order valence-electron chi connectivity index (χ3n) is 4.57. The Hall–Kier alpha value is -2.25. The lowest BCUT2D eigenvalue weighted by atomic mass is 10.1. The van der Waals surface area contributed by atoms with Crippen molar-refractivity contribution in [2.24, 2.45) is 0 Å². The van der Waals surface area contributed by atoms with Crippen LogP contribution >= 0.6 is 0 Å². The molecule has 3 rings (SSSR count). The average molecular weight is 376 g/mol. The van der Waals surface area contributed by atoms with E-state index >= 15 is 0 Å². The minimum atomic E-state index is -3.74. The number of morpholine rings is 1. The molecule has 1 saturated heterocycles. The summed E-state index contributed by atoms with van der Waals surface area (Å²) in [5.41, 5.74) is 3.45. The molecule has 0 spiro atoms. The van der Waals surface area contributed by atoms with Gasteiger partial charge in [0.15, 0.2) is 0 Å². The molecule has 0 aliphatic carbocycles. The number of nitrogens with zero attached hydrogens (tertiary/aromatic N) is 1. The molecule has 0 unspecified atom stereocenters. The number of hydrogen-bond acceptors (Lipinski definition) is 5. The quantitative estimate of drug-likeness (QED) is 0.869. The van der Waals surface area contributed by atoms with Crippen LogP contribution in [0.5, 0.6) is 5.75 Å². The zero-order valence-corrected chi connectivity index (χ0v) is 16.1. The van der Waals surface area contributed by atoms with Gasteiger partial charge in [0.1, 0.15) is 10.6 Å². The van der Waals surface area contributed by atoms with E-state index in [0.717, 1.165) is 29.9 Å². The summed E-state index contributed by atoms with van der Waals surface area (Å²) in [6.07, 6.45) is 0. The minimum Gasteiger partial charge on any atom is -0.495 e. The summed E-state index contributed by atoms with van der Waals surface area (Å²) in [6, 6.07) is 10.8. The van der Waals surface area contributed by atoms with E-state index in [0.29, 0.717) is 24.7 Å². The Balaban J connectivity index is 1.82. The van der Waals surface area contributed by atoms with Crippen LogP contribution in [-0.4, -0.2) is 41.8 Å². The number of anilines is 2. The zero-order chi connectivity index (χ0) is 18.7. The van der Waals surface area contributed by atoms with E-state index < -0.39 is 10.0 Å². The van der Waals surface area contributed by atoms with E-state index in [1.54, 1.807) is 24.3 Å². The molecular formula is C19H24N2O4S. The number of sulfonamides is 1. The van der Waals surface area contributed by atoms with Crippen LogP contribution in [0, 0.1) is 13.8 Å². The molecule has 1 aliphatic rings. The van der Waals surface area contributed by atoms with Gasteiger partial charge in [0.05, 0.1) is 20.3 Å². The van der Waals surface area contributed by atoms with Gasteiger partial charge in [-0.05, 0) is 61.4 Å². The van der Waals surface area contributed by atoms with E-state index in [4.69, 9.17) is 9.47 Å². The molecule has 0 saturated carbocycles. The second-order valence-electron chi connectivity index (χ2n) is 6.34. The summed E-state index contributed by atoms with van der Waals surface area (Å²) in [6.45, 7) is 6.90. The van der Waals surface area contributed by atoms with E-state index in [-0.39, 0.29) is 4.90 Å². The van der Waals surface area contributed by atoms with Crippen molar-refractivity contribution < 1.29 is 17.9 Å². The highest BCUT2D eigenvalue weighted by molar-refractivity contribution is 7.92. The maximum atomic E-state index is 12.8. The first-order valence-corrected chi connectivity index (χ1v) is 10.00. The van der Waals surface area contributed by atoms with Crippen molar-refractivity contribution in [2.75, 3.05) is 43.0 Å². The van der Waals surface area contributed by atoms with Crippen LogP contribution in [0.4, 0.5) is 11.4 Å². The number of rotatable bonds is 5. The van der Waals surface area contributed by atoms with Gasteiger partial charge in [0, 0.05) is 24.5 Å². The van der Waals surface area contributed by atoms with E-state index in [1.165, 1.54) is 7.11 Å². The summed E-state index contributed by atoms with van der Waals surface area (Å²) in [5.74, 6) is 0.338. The standard InChI is InChI=1S/C19H24N2O4S/c1-14-12-18(24-3)19(13-15(14)2)26(22,23)20-16-4-6-17(7-5-16)21-8-10-25-11-9-21/h4-7,12-13,20H,8-11H2,1-3H3. The highest BCUT2D eigenvalue weighted by atomic mass is 32.2. The summed E-state index contributed by atoms with van der Waals surface area (Å²) in [4.78, 5) is 2.36. The molecule has 0 aromatic heterocycles. The third kappa shape index (κ3) is 3.94. The summed E-state index contributed by atoms with van der Waals surface area (Å²) >= 11 is 0. The number of hydrogen-bond donors (Lipinski definition) is 1. The highest BCUT2D eigenvalue weighted by Crippen LogP contribution is 2.29. The lowest BCUT2D eigenvalue weighted by molar-refractivity contribution is 0.122. The third-order valence-corrected chi connectivity index (χ3v) is 5.97.